The Morgan fingerprint density at radius 3 is 2.67 bits per heavy atom. The minimum atomic E-state index is -0.650. The molecule has 144 valence electrons. The maximum absolute atomic E-state index is 12.8. The largest absolute Gasteiger partial charge is 0.466 e. The normalized spacial score (nSPS) is 19.0. The number of benzene rings is 1. The van der Waals surface area contributed by atoms with Gasteiger partial charge in [0.25, 0.3) is 0 Å². The van der Waals surface area contributed by atoms with Gasteiger partial charge in [0.2, 0.25) is 5.91 Å². The van der Waals surface area contributed by atoms with Gasteiger partial charge in [0, 0.05) is 12.0 Å². The van der Waals surface area contributed by atoms with E-state index in [1.54, 1.807) is 0 Å². The van der Waals surface area contributed by atoms with Crippen LogP contribution >= 0.6 is 0 Å². The second kappa shape index (κ2) is 7.47. The van der Waals surface area contributed by atoms with Crippen LogP contribution in [-0.2, 0) is 11.2 Å². The van der Waals surface area contributed by atoms with Crippen molar-refractivity contribution in [2.24, 2.45) is 11.1 Å². The lowest BCUT2D eigenvalue weighted by molar-refractivity contribution is -0.122. The van der Waals surface area contributed by atoms with Crippen molar-refractivity contribution in [1.29, 1.82) is 0 Å². The maximum atomic E-state index is 12.8. The fraction of sp³-hybridized carbons (Fsp3) is 0.429. The molecule has 6 heteroatoms. The van der Waals surface area contributed by atoms with Gasteiger partial charge in [-0.05, 0) is 30.4 Å². The lowest BCUT2D eigenvalue weighted by Gasteiger charge is -2.35. The second-order valence-corrected chi connectivity index (χ2v) is 8.08. The van der Waals surface area contributed by atoms with Crippen molar-refractivity contribution < 1.29 is 14.0 Å². The fourth-order valence-corrected chi connectivity index (χ4v) is 3.86. The molecule has 3 rings (SSSR count). The van der Waals surface area contributed by atoms with Crippen LogP contribution in [0, 0.1) is 12.3 Å². The van der Waals surface area contributed by atoms with Crippen LogP contribution in [-0.4, -0.2) is 11.9 Å². The number of urea groups is 1. The van der Waals surface area contributed by atoms with Crippen molar-refractivity contribution in [2.75, 3.05) is 0 Å². The average molecular weight is 369 g/mol. The molecule has 0 saturated heterocycles. The van der Waals surface area contributed by atoms with Crippen molar-refractivity contribution in [1.82, 2.24) is 10.6 Å². The molecule has 1 aromatic carbocycles. The summed E-state index contributed by atoms with van der Waals surface area (Å²) in [7, 11) is 0. The molecular formula is C21H27N3O3. The predicted molar refractivity (Wildman–Crippen MR) is 103 cm³/mol. The van der Waals surface area contributed by atoms with Crippen molar-refractivity contribution in [3.05, 3.63) is 59.0 Å². The van der Waals surface area contributed by atoms with Crippen molar-refractivity contribution >= 4 is 11.9 Å². The highest BCUT2D eigenvalue weighted by molar-refractivity contribution is 5.79. The summed E-state index contributed by atoms with van der Waals surface area (Å²) in [5, 5.41) is 5.79. The van der Waals surface area contributed by atoms with E-state index in [0.717, 1.165) is 35.5 Å². The summed E-state index contributed by atoms with van der Waals surface area (Å²) in [6.45, 7) is 6.27. The quantitative estimate of drug-likeness (QED) is 0.752. The topological polar surface area (TPSA) is 97.4 Å². The molecular weight excluding hydrogens is 342 g/mol. The van der Waals surface area contributed by atoms with Gasteiger partial charge in [0.1, 0.15) is 11.5 Å². The summed E-state index contributed by atoms with van der Waals surface area (Å²) in [4.78, 5) is 24.1. The summed E-state index contributed by atoms with van der Waals surface area (Å²) in [5.41, 5.74) is 7.24. The molecule has 0 saturated carbocycles. The molecule has 4 N–H and O–H groups in total. The van der Waals surface area contributed by atoms with Gasteiger partial charge < -0.3 is 20.8 Å². The molecule has 1 aromatic heterocycles. The third-order valence-electron chi connectivity index (χ3n) is 4.98. The highest BCUT2D eigenvalue weighted by atomic mass is 16.3. The van der Waals surface area contributed by atoms with Gasteiger partial charge in [-0.3, -0.25) is 4.79 Å². The standard InChI is InChI=1S/C21H27N3O3/c1-13-9-15-17(11-21(2,3)12-18(15)27-13)23-19(25)10-16(24-20(22)26)14-7-5-4-6-8-14/h4-9,16-17H,10-12H2,1-3H3,(H,23,25)(H3,22,24,26). The molecule has 2 unspecified atom stereocenters. The van der Waals surface area contributed by atoms with Gasteiger partial charge >= 0.3 is 6.03 Å². The van der Waals surface area contributed by atoms with E-state index >= 15 is 0 Å². The van der Waals surface area contributed by atoms with Gasteiger partial charge in [0.05, 0.1) is 18.5 Å². The van der Waals surface area contributed by atoms with E-state index in [1.165, 1.54) is 0 Å². The van der Waals surface area contributed by atoms with E-state index in [9.17, 15) is 9.59 Å². The summed E-state index contributed by atoms with van der Waals surface area (Å²) in [6.07, 6.45) is 1.82. The van der Waals surface area contributed by atoms with Crippen molar-refractivity contribution in [2.45, 2.75) is 52.1 Å². The first-order valence-corrected chi connectivity index (χ1v) is 9.23. The molecule has 3 amide bonds. The van der Waals surface area contributed by atoms with Gasteiger partial charge in [-0.2, -0.15) is 0 Å². The Labute approximate surface area is 159 Å². The molecule has 27 heavy (non-hydrogen) atoms. The van der Waals surface area contributed by atoms with Gasteiger partial charge in [-0.1, -0.05) is 44.2 Å². The van der Waals surface area contributed by atoms with E-state index in [4.69, 9.17) is 10.2 Å². The number of fused-ring (bicyclic) bond motifs is 1. The molecule has 0 radical (unpaired) electrons. The number of rotatable bonds is 5. The number of carbonyl (C=O) groups is 2. The molecule has 0 spiro atoms. The maximum Gasteiger partial charge on any atom is 0.312 e. The van der Waals surface area contributed by atoms with E-state index in [0.29, 0.717) is 0 Å². The van der Waals surface area contributed by atoms with Gasteiger partial charge in [-0.25, -0.2) is 4.79 Å². The molecule has 6 nitrogen and oxygen atoms in total. The van der Waals surface area contributed by atoms with Gasteiger partial charge in [-0.15, -0.1) is 0 Å². The molecule has 2 aromatic rings. The van der Waals surface area contributed by atoms with E-state index < -0.39 is 12.1 Å². The van der Waals surface area contributed by atoms with Crippen LogP contribution in [0.3, 0.4) is 0 Å². The highest BCUT2D eigenvalue weighted by Gasteiger charge is 2.35. The number of amides is 3. The minimum Gasteiger partial charge on any atom is -0.466 e. The Morgan fingerprint density at radius 1 is 1.30 bits per heavy atom. The average Bonchev–Trinajstić information content (AvgIpc) is 2.93. The first-order valence-electron chi connectivity index (χ1n) is 9.23. The number of nitrogens with two attached hydrogens (primary N) is 1. The molecule has 1 aliphatic carbocycles. The number of nitrogens with one attached hydrogen (secondary N) is 2. The second-order valence-electron chi connectivity index (χ2n) is 8.08. The molecule has 0 bridgehead atoms. The zero-order valence-corrected chi connectivity index (χ0v) is 16.0. The third kappa shape index (κ3) is 4.70. The fourth-order valence-electron chi connectivity index (χ4n) is 3.86. The van der Waals surface area contributed by atoms with Crippen molar-refractivity contribution in [3.8, 4) is 0 Å². The first-order chi connectivity index (χ1) is 12.7. The summed E-state index contributed by atoms with van der Waals surface area (Å²) in [6, 6.07) is 10.2. The molecule has 0 aliphatic heterocycles. The summed E-state index contributed by atoms with van der Waals surface area (Å²) < 4.78 is 5.83. The minimum absolute atomic E-state index is 0.0412. The number of hydrogen-bond acceptors (Lipinski definition) is 3. The van der Waals surface area contributed by atoms with Crippen LogP contribution in [0.2, 0.25) is 0 Å². The molecule has 0 fully saturated rings. The summed E-state index contributed by atoms with van der Waals surface area (Å²) in [5.74, 6) is 1.67. The smallest absolute Gasteiger partial charge is 0.312 e. The molecule has 2 atom stereocenters. The Hall–Kier alpha value is -2.76. The Balaban J connectivity index is 1.75. The van der Waals surface area contributed by atoms with E-state index in [2.05, 4.69) is 24.5 Å². The SMILES string of the molecule is Cc1cc2c(o1)CC(C)(C)CC2NC(=O)CC(NC(N)=O)c1ccccc1. The lowest BCUT2D eigenvalue weighted by Crippen LogP contribution is -2.39. The monoisotopic (exact) mass is 369 g/mol. The first kappa shape index (κ1) is 19.0. The Bertz CT molecular complexity index is 826. The molecule has 1 heterocycles. The lowest BCUT2D eigenvalue weighted by atomic mass is 9.74. The van der Waals surface area contributed by atoms with Crippen LogP contribution in [0.15, 0.2) is 40.8 Å². The van der Waals surface area contributed by atoms with E-state index in [-0.39, 0.29) is 23.8 Å². The third-order valence-corrected chi connectivity index (χ3v) is 4.98. The number of primary amides is 1. The van der Waals surface area contributed by atoms with Crippen LogP contribution in [0.4, 0.5) is 4.79 Å². The van der Waals surface area contributed by atoms with Crippen LogP contribution in [0.5, 0.6) is 0 Å². The Morgan fingerprint density at radius 2 is 2.00 bits per heavy atom. The van der Waals surface area contributed by atoms with Crippen LogP contribution < -0.4 is 16.4 Å². The van der Waals surface area contributed by atoms with Crippen molar-refractivity contribution in [3.63, 3.8) is 0 Å². The highest BCUT2D eigenvalue weighted by Crippen LogP contribution is 2.42. The number of aryl methyl sites for hydroxylation is 1. The van der Waals surface area contributed by atoms with Crippen LogP contribution in [0.1, 0.15) is 61.4 Å². The number of carbonyl (C=O) groups excluding carboxylic acids is 2. The summed E-state index contributed by atoms with van der Waals surface area (Å²) >= 11 is 0. The molecule has 1 aliphatic rings. The Kier molecular flexibility index (Phi) is 5.26. The number of furan rings is 1. The zero-order valence-electron chi connectivity index (χ0n) is 16.0. The van der Waals surface area contributed by atoms with Gasteiger partial charge in [0.15, 0.2) is 0 Å². The zero-order chi connectivity index (χ0) is 19.6. The van der Waals surface area contributed by atoms with Crippen LogP contribution in [0.25, 0.3) is 0 Å². The number of hydrogen-bond donors (Lipinski definition) is 3. The van der Waals surface area contributed by atoms with E-state index in [1.807, 2.05) is 43.3 Å². The predicted octanol–water partition coefficient (Wildman–Crippen LogP) is 3.52.